The van der Waals surface area contributed by atoms with Crippen molar-refractivity contribution in [2.24, 2.45) is 0 Å². The van der Waals surface area contributed by atoms with Gasteiger partial charge in [-0.15, -0.1) is 6.58 Å². The maximum absolute atomic E-state index is 12.8. The summed E-state index contributed by atoms with van der Waals surface area (Å²) in [6, 6.07) is 17.9. The van der Waals surface area contributed by atoms with Crippen LogP contribution in [0.5, 0.6) is 11.5 Å². The van der Waals surface area contributed by atoms with Crippen LogP contribution in [0.15, 0.2) is 72.8 Å². The number of amides is 2. The molecule has 3 aromatic carbocycles. The fraction of sp³-hybridized carbons (Fsp3) is 0.115. The number of carbonyl (C=O) groups excluding carboxylic acids is 2. The summed E-state index contributed by atoms with van der Waals surface area (Å²) in [5.74, 6) is 0.0779. The van der Waals surface area contributed by atoms with Crippen molar-refractivity contribution in [1.29, 1.82) is 0 Å². The summed E-state index contributed by atoms with van der Waals surface area (Å²) in [5, 5.41) is 4.93. The number of hydrogen-bond acceptors (Lipinski definition) is 5. The van der Waals surface area contributed by atoms with Crippen LogP contribution in [0.1, 0.15) is 11.1 Å². The maximum Gasteiger partial charge on any atom is 0.265 e. The molecule has 0 aromatic heterocycles. The van der Waals surface area contributed by atoms with Gasteiger partial charge in [-0.3, -0.25) is 19.8 Å². The average Bonchev–Trinajstić information content (AvgIpc) is 2.83. The van der Waals surface area contributed by atoms with Gasteiger partial charge in [-0.25, -0.2) is 0 Å². The SMILES string of the molecule is C=CCN1C(=O)/C(=C/c2cc(I)c(OCc3ccc4ccccc4c3)c(OC)c2)C(=O)NC1=S. The van der Waals surface area contributed by atoms with Gasteiger partial charge in [-0.05, 0) is 81.0 Å². The van der Waals surface area contributed by atoms with Crippen LogP contribution in [0.2, 0.25) is 0 Å². The highest BCUT2D eigenvalue weighted by Crippen LogP contribution is 2.35. The van der Waals surface area contributed by atoms with Gasteiger partial charge in [0, 0.05) is 6.54 Å². The van der Waals surface area contributed by atoms with Crippen LogP contribution in [0.3, 0.4) is 0 Å². The summed E-state index contributed by atoms with van der Waals surface area (Å²) < 4.78 is 12.4. The molecule has 1 fully saturated rings. The first kappa shape index (κ1) is 23.9. The number of rotatable bonds is 7. The summed E-state index contributed by atoms with van der Waals surface area (Å²) in [5.41, 5.74) is 1.65. The van der Waals surface area contributed by atoms with Crippen molar-refractivity contribution < 1.29 is 19.1 Å². The molecule has 0 spiro atoms. The molecule has 1 heterocycles. The summed E-state index contributed by atoms with van der Waals surface area (Å²) >= 11 is 7.25. The van der Waals surface area contributed by atoms with Gasteiger partial charge in [0.2, 0.25) is 0 Å². The van der Waals surface area contributed by atoms with Gasteiger partial charge >= 0.3 is 0 Å². The molecule has 8 heteroatoms. The molecule has 1 saturated heterocycles. The standard InChI is InChI=1S/C26H21IN2O4S/c1-3-10-29-25(31)20(24(30)28-26(29)34)12-17-13-21(27)23(22(14-17)32-2)33-15-16-8-9-18-6-4-5-7-19(18)11-16/h3-9,11-14H,1,10,15H2,2H3,(H,28,30,34)/b20-12+. The molecule has 1 aliphatic rings. The Kier molecular flexibility index (Phi) is 7.28. The molecule has 0 aliphatic carbocycles. The van der Waals surface area contributed by atoms with E-state index in [-0.39, 0.29) is 17.2 Å². The van der Waals surface area contributed by atoms with Crippen molar-refractivity contribution in [3.63, 3.8) is 0 Å². The largest absolute Gasteiger partial charge is 0.493 e. The van der Waals surface area contributed by atoms with Gasteiger partial charge in [-0.2, -0.15) is 0 Å². The molecule has 3 aromatic rings. The fourth-order valence-corrected chi connectivity index (χ4v) is 4.63. The molecule has 2 amide bonds. The van der Waals surface area contributed by atoms with Crippen LogP contribution in [0.4, 0.5) is 0 Å². The second-order valence-electron chi connectivity index (χ2n) is 7.53. The number of thiocarbonyl (C=S) groups is 1. The van der Waals surface area contributed by atoms with Crippen molar-refractivity contribution in [2.45, 2.75) is 6.61 Å². The van der Waals surface area contributed by atoms with Gasteiger partial charge in [0.1, 0.15) is 12.2 Å². The Hall–Kier alpha value is -3.24. The van der Waals surface area contributed by atoms with E-state index in [9.17, 15) is 9.59 Å². The number of nitrogens with zero attached hydrogens (tertiary/aromatic N) is 1. The van der Waals surface area contributed by atoms with E-state index in [4.69, 9.17) is 21.7 Å². The lowest BCUT2D eigenvalue weighted by molar-refractivity contribution is -0.128. The van der Waals surface area contributed by atoms with E-state index >= 15 is 0 Å². The molecule has 34 heavy (non-hydrogen) atoms. The summed E-state index contributed by atoms with van der Waals surface area (Å²) in [6.45, 7) is 4.21. The molecule has 4 rings (SSSR count). The lowest BCUT2D eigenvalue weighted by Gasteiger charge is -2.27. The molecule has 0 atom stereocenters. The molecule has 1 aliphatic heterocycles. The smallest absolute Gasteiger partial charge is 0.265 e. The zero-order chi connectivity index (χ0) is 24.2. The molecule has 0 bridgehead atoms. The Morgan fingerprint density at radius 1 is 1.12 bits per heavy atom. The van der Waals surface area contributed by atoms with E-state index in [1.54, 1.807) is 19.3 Å². The van der Waals surface area contributed by atoms with Crippen molar-refractivity contribution in [1.82, 2.24) is 10.2 Å². The minimum absolute atomic E-state index is 0.0156. The Bertz CT molecular complexity index is 1350. The second kappa shape index (κ2) is 10.4. The van der Waals surface area contributed by atoms with Crippen molar-refractivity contribution in [3.8, 4) is 11.5 Å². The molecule has 6 nitrogen and oxygen atoms in total. The number of benzene rings is 3. The van der Waals surface area contributed by atoms with E-state index < -0.39 is 11.8 Å². The number of ether oxygens (including phenoxy) is 2. The fourth-order valence-electron chi connectivity index (χ4n) is 3.60. The molecule has 1 N–H and O–H groups in total. The van der Waals surface area contributed by atoms with Crippen LogP contribution < -0.4 is 14.8 Å². The maximum atomic E-state index is 12.8. The number of methoxy groups -OCH3 is 1. The van der Waals surface area contributed by atoms with Crippen LogP contribution in [-0.4, -0.2) is 35.5 Å². The topological polar surface area (TPSA) is 67.9 Å². The van der Waals surface area contributed by atoms with Crippen molar-refractivity contribution in [2.75, 3.05) is 13.7 Å². The highest BCUT2D eigenvalue weighted by Gasteiger charge is 2.32. The predicted molar refractivity (Wildman–Crippen MR) is 145 cm³/mol. The quantitative estimate of drug-likeness (QED) is 0.142. The van der Waals surface area contributed by atoms with Crippen LogP contribution >= 0.6 is 34.8 Å². The van der Waals surface area contributed by atoms with E-state index in [1.165, 1.54) is 16.4 Å². The van der Waals surface area contributed by atoms with E-state index in [1.807, 2.05) is 24.3 Å². The molecule has 172 valence electrons. The second-order valence-corrected chi connectivity index (χ2v) is 9.07. The Morgan fingerprint density at radius 2 is 1.88 bits per heavy atom. The van der Waals surface area contributed by atoms with E-state index in [0.717, 1.165) is 14.5 Å². The molecule has 0 unspecified atom stereocenters. The summed E-state index contributed by atoms with van der Waals surface area (Å²) in [7, 11) is 1.55. The van der Waals surface area contributed by atoms with Crippen molar-refractivity contribution in [3.05, 3.63) is 87.5 Å². The normalized spacial score (nSPS) is 14.9. The molecule has 0 radical (unpaired) electrons. The minimum Gasteiger partial charge on any atom is -0.493 e. The van der Waals surface area contributed by atoms with E-state index in [2.05, 4.69) is 58.8 Å². The third-order valence-electron chi connectivity index (χ3n) is 5.26. The monoisotopic (exact) mass is 584 g/mol. The molecular weight excluding hydrogens is 563 g/mol. The zero-order valence-corrected chi connectivity index (χ0v) is 21.3. The van der Waals surface area contributed by atoms with Crippen LogP contribution in [-0.2, 0) is 16.2 Å². The first-order valence-corrected chi connectivity index (χ1v) is 11.9. The highest BCUT2D eigenvalue weighted by molar-refractivity contribution is 14.1. The number of fused-ring (bicyclic) bond motifs is 1. The zero-order valence-electron chi connectivity index (χ0n) is 18.3. The highest BCUT2D eigenvalue weighted by atomic mass is 127. The average molecular weight is 584 g/mol. The third-order valence-corrected chi connectivity index (χ3v) is 6.38. The summed E-state index contributed by atoms with van der Waals surface area (Å²) in [4.78, 5) is 26.5. The van der Waals surface area contributed by atoms with Gasteiger partial charge in [0.15, 0.2) is 16.6 Å². The minimum atomic E-state index is -0.541. The first-order valence-electron chi connectivity index (χ1n) is 10.4. The van der Waals surface area contributed by atoms with Gasteiger partial charge < -0.3 is 9.47 Å². The first-order chi connectivity index (χ1) is 16.4. The van der Waals surface area contributed by atoms with Crippen LogP contribution in [0.25, 0.3) is 16.8 Å². The van der Waals surface area contributed by atoms with Gasteiger partial charge in [0.05, 0.1) is 10.7 Å². The lowest BCUT2D eigenvalue weighted by Crippen LogP contribution is -2.53. The number of carbonyl (C=O) groups is 2. The van der Waals surface area contributed by atoms with E-state index in [0.29, 0.717) is 23.7 Å². The van der Waals surface area contributed by atoms with Gasteiger partial charge in [0.25, 0.3) is 11.8 Å². The Balaban J connectivity index is 1.60. The summed E-state index contributed by atoms with van der Waals surface area (Å²) in [6.07, 6.45) is 3.07. The Morgan fingerprint density at radius 3 is 2.62 bits per heavy atom. The third kappa shape index (κ3) is 4.97. The lowest BCUT2D eigenvalue weighted by atomic mass is 10.1. The Labute approximate surface area is 216 Å². The van der Waals surface area contributed by atoms with Gasteiger partial charge in [-0.1, -0.05) is 42.5 Å². The number of halogens is 1. The van der Waals surface area contributed by atoms with Crippen LogP contribution in [0, 0.1) is 3.57 Å². The number of hydrogen-bond donors (Lipinski definition) is 1. The molecule has 0 saturated carbocycles. The van der Waals surface area contributed by atoms with Crippen molar-refractivity contribution >= 4 is 68.6 Å². The predicted octanol–water partition coefficient (Wildman–Crippen LogP) is 4.84. The molecular formula is C26H21IN2O4S. The number of nitrogens with one attached hydrogen (secondary N) is 1.